The highest BCUT2D eigenvalue weighted by molar-refractivity contribution is 9.10. The molecule has 1 aliphatic rings. The van der Waals surface area contributed by atoms with E-state index in [4.69, 9.17) is 10.5 Å². The van der Waals surface area contributed by atoms with E-state index < -0.39 is 0 Å². The molecular formula is C16H17BrN2O. The van der Waals surface area contributed by atoms with Crippen molar-refractivity contribution in [1.82, 2.24) is 0 Å². The molecule has 2 aromatic rings. The SMILES string of the molecule is Cc1ccc(N)c(NCc2cc(Br)cc3c2OCC3)c1. The Morgan fingerprint density at radius 3 is 3.00 bits per heavy atom. The Morgan fingerprint density at radius 2 is 2.15 bits per heavy atom. The highest BCUT2D eigenvalue weighted by Crippen LogP contribution is 2.33. The molecule has 0 saturated heterocycles. The lowest BCUT2D eigenvalue weighted by atomic mass is 10.1. The van der Waals surface area contributed by atoms with Crippen molar-refractivity contribution in [2.24, 2.45) is 0 Å². The molecule has 0 amide bonds. The van der Waals surface area contributed by atoms with E-state index in [1.807, 2.05) is 12.1 Å². The minimum atomic E-state index is 0.704. The molecular weight excluding hydrogens is 316 g/mol. The molecule has 0 atom stereocenters. The normalized spacial score (nSPS) is 12.9. The number of aryl methyl sites for hydroxylation is 1. The second kappa shape index (κ2) is 5.37. The van der Waals surface area contributed by atoms with Crippen LogP contribution in [0, 0.1) is 6.92 Å². The Bertz CT molecular complexity index is 655. The van der Waals surface area contributed by atoms with Crippen LogP contribution in [0.5, 0.6) is 5.75 Å². The predicted molar refractivity (Wildman–Crippen MR) is 86.3 cm³/mol. The lowest BCUT2D eigenvalue weighted by molar-refractivity contribution is 0.354. The van der Waals surface area contributed by atoms with Gasteiger partial charge in [-0.25, -0.2) is 0 Å². The molecule has 104 valence electrons. The molecule has 3 nitrogen and oxygen atoms in total. The quantitative estimate of drug-likeness (QED) is 0.838. The first-order chi connectivity index (χ1) is 9.63. The van der Waals surface area contributed by atoms with Crippen LogP contribution in [-0.4, -0.2) is 6.61 Å². The zero-order valence-corrected chi connectivity index (χ0v) is 13.0. The fourth-order valence-electron chi connectivity index (χ4n) is 2.49. The van der Waals surface area contributed by atoms with Crippen molar-refractivity contribution < 1.29 is 4.74 Å². The Labute approximate surface area is 127 Å². The van der Waals surface area contributed by atoms with E-state index in [9.17, 15) is 0 Å². The molecule has 2 aromatic carbocycles. The molecule has 0 fully saturated rings. The van der Waals surface area contributed by atoms with Crippen molar-refractivity contribution >= 4 is 27.3 Å². The summed E-state index contributed by atoms with van der Waals surface area (Å²) in [6.45, 7) is 3.53. The maximum absolute atomic E-state index is 5.99. The summed E-state index contributed by atoms with van der Waals surface area (Å²) in [5, 5.41) is 3.40. The number of fused-ring (bicyclic) bond motifs is 1. The first-order valence-electron chi connectivity index (χ1n) is 6.67. The summed E-state index contributed by atoms with van der Waals surface area (Å²) in [6, 6.07) is 10.2. The second-order valence-electron chi connectivity index (χ2n) is 5.10. The van der Waals surface area contributed by atoms with E-state index in [1.54, 1.807) is 0 Å². The van der Waals surface area contributed by atoms with Crippen molar-refractivity contribution in [1.29, 1.82) is 0 Å². The van der Waals surface area contributed by atoms with Gasteiger partial charge in [0, 0.05) is 23.0 Å². The third-order valence-electron chi connectivity index (χ3n) is 3.50. The van der Waals surface area contributed by atoms with Gasteiger partial charge in [0.1, 0.15) is 5.75 Å². The number of ether oxygens (including phenoxy) is 1. The molecule has 0 spiro atoms. The van der Waals surface area contributed by atoms with Crippen LogP contribution in [0.3, 0.4) is 0 Å². The average molecular weight is 333 g/mol. The monoisotopic (exact) mass is 332 g/mol. The van der Waals surface area contributed by atoms with Crippen LogP contribution in [0.25, 0.3) is 0 Å². The number of hydrogen-bond donors (Lipinski definition) is 2. The van der Waals surface area contributed by atoms with Gasteiger partial charge in [0.25, 0.3) is 0 Å². The average Bonchev–Trinajstić information content (AvgIpc) is 2.87. The number of hydrogen-bond acceptors (Lipinski definition) is 3. The third-order valence-corrected chi connectivity index (χ3v) is 3.96. The van der Waals surface area contributed by atoms with Gasteiger partial charge in [0.2, 0.25) is 0 Å². The zero-order valence-electron chi connectivity index (χ0n) is 11.4. The van der Waals surface area contributed by atoms with Crippen LogP contribution in [0.1, 0.15) is 16.7 Å². The Kier molecular flexibility index (Phi) is 3.57. The third kappa shape index (κ3) is 2.61. The topological polar surface area (TPSA) is 47.3 Å². The Morgan fingerprint density at radius 1 is 1.30 bits per heavy atom. The highest BCUT2D eigenvalue weighted by Gasteiger charge is 2.17. The van der Waals surface area contributed by atoms with Gasteiger partial charge in [-0.15, -0.1) is 0 Å². The molecule has 0 radical (unpaired) electrons. The number of rotatable bonds is 3. The van der Waals surface area contributed by atoms with Crippen LogP contribution < -0.4 is 15.8 Å². The number of halogens is 1. The lowest BCUT2D eigenvalue weighted by Gasteiger charge is -2.13. The van der Waals surface area contributed by atoms with Crippen molar-refractivity contribution in [2.75, 3.05) is 17.7 Å². The van der Waals surface area contributed by atoms with E-state index >= 15 is 0 Å². The molecule has 20 heavy (non-hydrogen) atoms. The van der Waals surface area contributed by atoms with Gasteiger partial charge in [-0.2, -0.15) is 0 Å². The fraction of sp³-hybridized carbons (Fsp3) is 0.250. The zero-order chi connectivity index (χ0) is 14.1. The smallest absolute Gasteiger partial charge is 0.127 e. The summed E-state index contributed by atoms with van der Waals surface area (Å²) >= 11 is 3.56. The summed E-state index contributed by atoms with van der Waals surface area (Å²) < 4.78 is 6.83. The predicted octanol–water partition coefficient (Wildman–Crippen LogP) is 3.89. The summed E-state index contributed by atoms with van der Waals surface area (Å²) in [5.74, 6) is 1.02. The van der Waals surface area contributed by atoms with E-state index in [0.717, 1.165) is 40.2 Å². The van der Waals surface area contributed by atoms with Crippen LogP contribution in [0.15, 0.2) is 34.8 Å². The van der Waals surface area contributed by atoms with Crippen LogP contribution in [0.2, 0.25) is 0 Å². The molecule has 0 unspecified atom stereocenters. The number of anilines is 2. The standard InChI is InChI=1S/C16H17BrN2O/c1-10-2-3-14(18)15(6-10)19-9-12-8-13(17)7-11-4-5-20-16(11)12/h2-3,6-8,19H,4-5,9,18H2,1H3. The van der Waals surface area contributed by atoms with E-state index in [-0.39, 0.29) is 0 Å². The molecule has 0 bridgehead atoms. The molecule has 0 aliphatic carbocycles. The van der Waals surface area contributed by atoms with E-state index in [2.05, 4.69) is 46.4 Å². The molecule has 0 aromatic heterocycles. The van der Waals surface area contributed by atoms with Crippen molar-refractivity contribution in [3.8, 4) is 5.75 Å². The number of nitrogens with two attached hydrogens (primary N) is 1. The molecule has 1 aliphatic heterocycles. The second-order valence-corrected chi connectivity index (χ2v) is 6.01. The van der Waals surface area contributed by atoms with Gasteiger partial charge < -0.3 is 15.8 Å². The minimum absolute atomic E-state index is 0.704. The maximum Gasteiger partial charge on any atom is 0.127 e. The van der Waals surface area contributed by atoms with E-state index in [0.29, 0.717) is 6.54 Å². The van der Waals surface area contributed by atoms with Crippen LogP contribution >= 0.6 is 15.9 Å². The largest absolute Gasteiger partial charge is 0.493 e. The molecule has 0 saturated carbocycles. The van der Waals surface area contributed by atoms with Gasteiger partial charge in [0.05, 0.1) is 18.0 Å². The van der Waals surface area contributed by atoms with Gasteiger partial charge >= 0.3 is 0 Å². The summed E-state index contributed by atoms with van der Waals surface area (Å²) in [5.41, 5.74) is 11.4. The Hall–Kier alpha value is -1.68. The molecule has 4 heteroatoms. The molecule has 1 heterocycles. The van der Waals surface area contributed by atoms with Gasteiger partial charge in [-0.05, 0) is 42.3 Å². The number of nitrogen functional groups attached to an aromatic ring is 1. The van der Waals surface area contributed by atoms with Gasteiger partial charge in [-0.1, -0.05) is 22.0 Å². The fourth-order valence-corrected chi connectivity index (χ4v) is 3.04. The molecule has 3 N–H and O–H groups in total. The summed E-state index contributed by atoms with van der Waals surface area (Å²) in [4.78, 5) is 0. The van der Waals surface area contributed by atoms with Crippen molar-refractivity contribution in [3.63, 3.8) is 0 Å². The maximum atomic E-state index is 5.99. The van der Waals surface area contributed by atoms with Crippen molar-refractivity contribution in [2.45, 2.75) is 19.9 Å². The van der Waals surface area contributed by atoms with Crippen molar-refractivity contribution in [3.05, 3.63) is 51.5 Å². The molecule has 3 rings (SSSR count). The first-order valence-corrected chi connectivity index (χ1v) is 7.47. The lowest BCUT2D eigenvalue weighted by Crippen LogP contribution is -2.04. The Balaban J connectivity index is 1.84. The summed E-state index contributed by atoms with van der Waals surface area (Å²) in [7, 11) is 0. The minimum Gasteiger partial charge on any atom is -0.493 e. The number of benzene rings is 2. The van der Waals surface area contributed by atoms with Crippen LogP contribution in [-0.2, 0) is 13.0 Å². The highest BCUT2D eigenvalue weighted by atomic mass is 79.9. The first kappa shape index (κ1) is 13.3. The summed E-state index contributed by atoms with van der Waals surface area (Å²) in [6.07, 6.45) is 0.981. The van der Waals surface area contributed by atoms with Crippen LogP contribution in [0.4, 0.5) is 11.4 Å². The van der Waals surface area contributed by atoms with Gasteiger partial charge in [-0.3, -0.25) is 0 Å². The van der Waals surface area contributed by atoms with Gasteiger partial charge in [0.15, 0.2) is 0 Å². The van der Waals surface area contributed by atoms with E-state index in [1.165, 1.54) is 11.1 Å². The number of nitrogens with one attached hydrogen (secondary N) is 1.